The summed E-state index contributed by atoms with van der Waals surface area (Å²) in [5.74, 6) is 1.76. The van der Waals surface area contributed by atoms with E-state index in [4.69, 9.17) is 9.47 Å². The maximum absolute atomic E-state index is 5.92. The predicted molar refractivity (Wildman–Crippen MR) is 103 cm³/mol. The van der Waals surface area contributed by atoms with E-state index < -0.39 is 0 Å². The minimum atomic E-state index is 0.0610. The van der Waals surface area contributed by atoms with Crippen LogP contribution in [-0.2, 0) is 4.74 Å². The van der Waals surface area contributed by atoms with Crippen molar-refractivity contribution >= 4 is 16.7 Å². The van der Waals surface area contributed by atoms with Gasteiger partial charge in [-0.15, -0.1) is 0 Å². The van der Waals surface area contributed by atoms with Crippen LogP contribution in [0.4, 0.5) is 5.82 Å². The van der Waals surface area contributed by atoms with E-state index in [-0.39, 0.29) is 11.7 Å². The molecule has 27 heavy (non-hydrogen) atoms. The second-order valence-corrected chi connectivity index (χ2v) is 7.66. The first-order valence-electron chi connectivity index (χ1n) is 9.48. The highest BCUT2D eigenvalue weighted by Gasteiger charge is 2.47. The summed E-state index contributed by atoms with van der Waals surface area (Å²) in [6, 6.07) is 7.99. The SMILES string of the molecule is CC(C)Oc1ccc2[nH]nc(-c3cc(N4CCOC5(CC5)C4)ncn3)c2c1. The van der Waals surface area contributed by atoms with Gasteiger partial charge in [0.25, 0.3) is 0 Å². The summed E-state index contributed by atoms with van der Waals surface area (Å²) in [7, 11) is 0. The number of nitrogens with one attached hydrogen (secondary N) is 1. The van der Waals surface area contributed by atoms with Gasteiger partial charge >= 0.3 is 0 Å². The molecule has 1 aliphatic heterocycles. The summed E-state index contributed by atoms with van der Waals surface area (Å²) in [5, 5.41) is 8.59. The third-order valence-electron chi connectivity index (χ3n) is 5.18. The lowest BCUT2D eigenvalue weighted by atomic mass is 10.1. The quantitative estimate of drug-likeness (QED) is 0.765. The number of aromatic amines is 1. The van der Waals surface area contributed by atoms with Gasteiger partial charge in [0.1, 0.15) is 23.6 Å². The molecule has 5 rings (SSSR count). The number of ether oxygens (including phenoxy) is 2. The maximum atomic E-state index is 5.92. The van der Waals surface area contributed by atoms with Gasteiger partial charge in [-0.25, -0.2) is 9.97 Å². The highest BCUT2D eigenvalue weighted by Crippen LogP contribution is 2.42. The molecule has 0 bridgehead atoms. The molecule has 140 valence electrons. The number of H-pyrrole nitrogens is 1. The molecule has 0 radical (unpaired) electrons. The fourth-order valence-corrected chi connectivity index (χ4v) is 3.67. The van der Waals surface area contributed by atoms with Crippen molar-refractivity contribution in [2.75, 3.05) is 24.6 Å². The molecule has 0 unspecified atom stereocenters. The Morgan fingerprint density at radius 2 is 2.11 bits per heavy atom. The molecule has 0 amide bonds. The summed E-state index contributed by atoms with van der Waals surface area (Å²) in [4.78, 5) is 11.3. The van der Waals surface area contributed by atoms with Gasteiger partial charge in [0, 0.05) is 24.5 Å². The predicted octanol–water partition coefficient (Wildman–Crippen LogP) is 3.18. The molecule has 1 aromatic carbocycles. The molecule has 2 aliphatic rings. The van der Waals surface area contributed by atoms with Crippen LogP contribution in [0.2, 0.25) is 0 Å². The minimum Gasteiger partial charge on any atom is -0.491 e. The van der Waals surface area contributed by atoms with Crippen molar-refractivity contribution in [3.8, 4) is 17.1 Å². The Labute approximate surface area is 157 Å². The van der Waals surface area contributed by atoms with Crippen LogP contribution in [0.25, 0.3) is 22.3 Å². The summed E-state index contributed by atoms with van der Waals surface area (Å²) < 4.78 is 11.8. The van der Waals surface area contributed by atoms with Gasteiger partial charge in [0.05, 0.1) is 29.5 Å². The summed E-state index contributed by atoms with van der Waals surface area (Å²) in [5.41, 5.74) is 2.65. The Morgan fingerprint density at radius 3 is 2.93 bits per heavy atom. The Morgan fingerprint density at radius 1 is 1.22 bits per heavy atom. The van der Waals surface area contributed by atoms with Gasteiger partial charge < -0.3 is 14.4 Å². The molecular weight excluding hydrogens is 342 g/mol. The van der Waals surface area contributed by atoms with Crippen molar-refractivity contribution < 1.29 is 9.47 Å². The number of nitrogens with zero attached hydrogens (tertiary/aromatic N) is 4. The second-order valence-electron chi connectivity index (χ2n) is 7.66. The molecule has 3 aromatic rings. The van der Waals surface area contributed by atoms with E-state index in [0.29, 0.717) is 0 Å². The molecule has 1 N–H and O–H groups in total. The third-order valence-corrected chi connectivity index (χ3v) is 5.18. The first-order valence-corrected chi connectivity index (χ1v) is 9.48. The summed E-state index contributed by atoms with van der Waals surface area (Å²) >= 11 is 0. The van der Waals surface area contributed by atoms with Gasteiger partial charge in [-0.1, -0.05) is 0 Å². The number of fused-ring (bicyclic) bond motifs is 1. The van der Waals surface area contributed by atoms with Crippen LogP contribution in [0.15, 0.2) is 30.6 Å². The van der Waals surface area contributed by atoms with Crippen LogP contribution in [0.3, 0.4) is 0 Å². The molecule has 2 aromatic heterocycles. The number of morpholine rings is 1. The van der Waals surface area contributed by atoms with Gasteiger partial charge in [0.15, 0.2) is 0 Å². The summed E-state index contributed by atoms with van der Waals surface area (Å²) in [6.07, 6.45) is 4.03. The van der Waals surface area contributed by atoms with Crippen LogP contribution in [0.1, 0.15) is 26.7 Å². The van der Waals surface area contributed by atoms with Crippen molar-refractivity contribution in [1.29, 1.82) is 0 Å². The number of hydrogen-bond donors (Lipinski definition) is 1. The third kappa shape index (κ3) is 3.12. The highest BCUT2D eigenvalue weighted by atomic mass is 16.5. The van der Waals surface area contributed by atoms with Crippen molar-refractivity contribution in [3.63, 3.8) is 0 Å². The number of aromatic nitrogens is 4. The largest absolute Gasteiger partial charge is 0.491 e. The fourth-order valence-electron chi connectivity index (χ4n) is 3.67. The molecule has 2 fully saturated rings. The van der Waals surface area contributed by atoms with E-state index in [1.54, 1.807) is 6.33 Å². The van der Waals surface area contributed by atoms with Crippen LogP contribution in [0.5, 0.6) is 5.75 Å². The minimum absolute atomic E-state index is 0.0610. The molecule has 7 heteroatoms. The van der Waals surface area contributed by atoms with E-state index in [1.165, 1.54) is 0 Å². The highest BCUT2D eigenvalue weighted by molar-refractivity contribution is 5.93. The Hall–Kier alpha value is -2.67. The van der Waals surface area contributed by atoms with E-state index in [0.717, 1.165) is 66.4 Å². The van der Waals surface area contributed by atoms with Gasteiger partial charge in [-0.05, 0) is 44.9 Å². The maximum Gasteiger partial charge on any atom is 0.132 e. The van der Waals surface area contributed by atoms with Crippen LogP contribution < -0.4 is 9.64 Å². The summed E-state index contributed by atoms with van der Waals surface area (Å²) in [6.45, 7) is 6.54. The lowest BCUT2D eigenvalue weighted by Crippen LogP contribution is -2.44. The topological polar surface area (TPSA) is 76.2 Å². The number of benzene rings is 1. The van der Waals surface area contributed by atoms with Gasteiger partial charge in [-0.3, -0.25) is 5.10 Å². The molecule has 0 atom stereocenters. The molecule has 1 aliphatic carbocycles. The molecule has 1 saturated carbocycles. The van der Waals surface area contributed by atoms with Crippen LogP contribution in [-0.4, -0.2) is 51.6 Å². The zero-order valence-corrected chi connectivity index (χ0v) is 15.6. The number of rotatable bonds is 4. The van der Waals surface area contributed by atoms with E-state index in [1.807, 2.05) is 38.1 Å². The lowest BCUT2D eigenvalue weighted by Gasteiger charge is -2.34. The average Bonchev–Trinajstić information content (AvgIpc) is 3.27. The smallest absolute Gasteiger partial charge is 0.132 e. The molecule has 3 heterocycles. The Kier molecular flexibility index (Phi) is 3.79. The normalized spacial score (nSPS) is 18.4. The average molecular weight is 365 g/mol. The molecular formula is C20H23N5O2. The zero-order chi connectivity index (χ0) is 18.4. The molecule has 1 spiro atoms. The van der Waals surface area contributed by atoms with Crippen LogP contribution >= 0.6 is 0 Å². The standard InChI is InChI=1S/C20H23N5O2/c1-13(2)27-14-3-4-16-15(9-14)19(24-23-16)17-10-18(22-12-21-17)25-7-8-26-20(11-25)5-6-20/h3-4,9-10,12-13H,5-8,11H2,1-2H3,(H,23,24). The van der Waals surface area contributed by atoms with Crippen molar-refractivity contribution in [2.24, 2.45) is 0 Å². The number of hydrogen-bond acceptors (Lipinski definition) is 6. The van der Waals surface area contributed by atoms with Crippen LogP contribution in [0, 0.1) is 0 Å². The molecule has 1 saturated heterocycles. The molecule has 7 nitrogen and oxygen atoms in total. The van der Waals surface area contributed by atoms with Gasteiger partial charge in [-0.2, -0.15) is 5.10 Å². The van der Waals surface area contributed by atoms with E-state index >= 15 is 0 Å². The zero-order valence-electron chi connectivity index (χ0n) is 15.6. The lowest BCUT2D eigenvalue weighted by molar-refractivity contribution is 0.0203. The first-order chi connectivity index (χ1) is 13.1. The van der Waals surface area contributed by atoms with Gasteiger partial charge in [0.2, 0.25) is 0 Å². The monoisotopic (exact) mass is 365 g/mol. The first kappa shape index (κ1) is 16.5. The second kappa shape index (κ2) is 6.20. The van der Waals surface area contributed by atoms with Crippen molar-refractivity contribution in [2.45, 2.75) is 38.4 Å². The fraction of sp³-hybridized carbons (Fsp3) is 0.450. The van der Waals surface area contributed by atoms with E-state index in [2.05, 4.69) is 25.1 Å². The Balaban J connectivity index is 1.49. The Bertz CT molecular complexity index is 979. The van der Waals surface area contributed by atoms with Crippen molar-refractivity contribution in [3.05, 3.63) is 30.6 Å². The van der Waals surface area contributed by atoms with E-state index in [9.17, 15) is 0 Å². The number of anilines is 1. The van der Waals surface area contributed by atoms with Crippen molar-refractivity contribution in [1.82, 2.24) is 20.2 Å².